The lowest BCUT2D eigenvalue weighted by Gasteiger charge is -2.11. The lowest BCUT2D eigenvalue weighted by molar-refractivity contribution is 0.699. The maximum absolute atomic E-state index is 13.0. The van der Waals surface area contributed by atoms with E-state index >= 15 is 0 Å². The second kappa shape index (κ2) is 4.96. The molecular formula is C14H13ClN4OS. The first kappa shape index (κ1) is 13.0. The topological polar surface area (TPSA) is 63.6 Å². The maximum Gasteiger partial charge on any atom is 0.268 e. The van der Waals surface area contributed by atoms with Crippen molar-refractivity contribution in [3.8, 4) is 5.82 Å². The summed E-state index contributed by atoms with van der Waals surface area (Å²) in [5.41, 5.74) is 1.15. The summed E-state index contributed by atoms with van der Waals surface area (Å²) in [5.74, 6) is 1.35. The average Bonchev–Trinajstić information content (AvgIpc) is 3.13. The van der Waals surface area contributed by atoms with E-state index in [0.29, 0.717) is 11.6 Å². The van der Waals surface area contributed by atoms with Gasteiger partial charge in [0.25, 0.3) is 5.56 Å². The molecule has 4 rings (SSSR count). The fraction of sp³-hybridized carbons (Fsp3) is 0.357. The first-order chi connectivity index (χ1) is 10.3. The van der Waals surface area contributed by atoms with Crippen LogP contribution >= 0.6 is 22.9 Å². The van der Waals surface area contributed by atoms with E-state index in [2.05, 4.69) is 15.2 Å². The lowest BCUT2D eigenvalue weighted by atomic mass is 9.97. The van der Waals surface area contributed by atoms with Crippen LogP contribution in [-0.2, 0) is 18.7 Å². The molecule has 1 N–H and O–H groups in total. The number of nitrogens with zero attached hydrogens (tertiary/aromatic N) is 3. The Balaban J connectivity index is 2.09. The molecule has 108 valence electrons. The Hall–Kier alpha value is -1.66. The SMILES string of the molecule is O=c1c2c3c(sc2nc(CCl)n1-c1ccn[nH]1)CCCC3. The predicted molar refractivity (Wildman–Crippen MR) is 83.6 cm³/mol. The Labute approximate surface area is 129 Å². The van der Waals surface area contributed by atoms with Gasteiger partial charge < -0.3 is 0 Å². The number of hydrogen-bond donors (Lipinski definition) is 1. The molecule has 0 atom stereocenters. The molecule has 3 heterocycles. The molecule has 3 aromatic heterocycles. The molecule has 0 amide bonds. The Kier molecular flexibility index (Phi) is 3.08. The van der Waals surface area contributed by atoms with E-state index < -0.39 is 0 Å². The maximum atomic E-state index is 13.0. The van der Waals surface area contributed by atoms with Crippen LogP contribution in [0.4, 0.5) is 0 Å². The molecule has 1 aliphatic carbocycles. The highest BCUT2D eigenvalue weighted by molar-refractivity contribution is 7.18. The number of aromatic nitrogens is 4. The Morgan fingerprint density at radius 3 is 3.00 bits per heavy atom. The minimum absolute atomic E-state index is 0.0423. The van der Waals surface area contributed by atoms with Gasteiger partial charge in [-0.15, -0.1) is 22.9 Å². The number of fused-ring (bicyclic) bond motifs is 3. The van der Waals surface area contributed by atoms with Crippen LogP contribution in [0.2, 0.25) is 0 Å². The van der Waals surface area contributed by atoms with Gasteiger partial charge in [-0.1, -0.05) is 0 Å². The van der Waals surface area contributed by atoms with Gasteiger partial charge in [0.15, 0.2) is 0 Å². The number of aromatic amines is 1. The molecule has 0 radical (unpaired) electrons. The van der Waals surface area contributed by atoms with Crippen molar-refractivity contribution in [3.63, 3.8) is 0 Å². The van der Waals surface area contributed by atoms with E-state index in [4.69, 9.17) is 11.6 Å². The van der Waals surface area contributed by atoms with Gasteiger partial charge in [0.05, 0.1) is 17.5 Å². The molecule has 21 heavy (non-hydrogen) atoms. The summed E-state index contributed by atoms with van der Waals surface area (Å²) in [6.45, 7) is 0. The molecule has 0 unspecified atom stereocenters. The smallest absolute Gasteiger partial charge is 0.268 e. The summed E-state index contributed by atoms with van der Waals surface area (Å²) < 4.78 is 1.55. The van der Waals surface area contributed by atoms with Crippen molar-refractivity contribution in [2.24, 2.45) is 0 Å². The molecule has 7 heteroatoms. The van der Waals surface area contributed by atoms with Gasteiger partial charge in [-0.05, 0) is 31.2 Å². The van der Waals surface area contributed by atoms with E-state index in [1.165, 1.54) is 16.9 Å². The van der Waals surface area contributed by atoms with Gasteiger partial charge in [0, 0.05) is 10.9 Å². The molecule has 0 bridgehead atoms. The van der Waals surface area contributed by atoms with Gasteiger partial charge >= 0.3 is 0 Å². The molecule has 5 nitrogen and oxygen atoms in total. The fourth-order valence-corrected chi connectivity index (χ4v) is 4.41. The van der Waals surface area contributed by atoms with Crippen LogP contribution in [0, 0.1) is 0 Å². The molecule has 0 saturated carbocycles. The summed E-state index contributed by atoms with van der Waals surface area (Å²) in [5, 5.41) is 7.50. The number of alkyl halides is 1. The molecule has 0 spiro atoms. The molecule has 0 aromatic carbocycles. The van der Waals surface area contributed by atoms with Crippen molar-refractivity contribution in [3.05, 3.63) is 38.9 Å². The van der Waals surface area contributed by atoms with Crippen LogP contribution < -0.4 is 5.56 Å². The van der Waals surface area contributed by atoms with Crippen LogP contribution in [0.25, 0.3) is 16.0 Å². The summed E-state index contributed by atoms with van der Waals surface area (Å²) in [6, 6.07) is 1.75. The first-order valence-corrected chi connectivity index (χ1v) is 8.26. The van der Waals surface area contributed by atoms with Crippen molar-refractivity contribution in [2.75, 3.05) is 0 Å². The van der Waals surface area contributed by atoms with Crippen LogP contribution in [0.1, 0.15) is 29.1 Å². The Morgan fingerprint density at radius 1 is 1.38 bits per heavy atom. The number of nitrogens with one attached hydrogen (secondary N) is 1. The van der Waals surface area contributed by atoms with Crippen LogP contribution in [0.5, 0.6) is 0 Å². The minimum atomic E-state index is -0.0423. The number of H-pyrrole nitrogens is 1. The minimum Gasteiger partial charge on any atom is -0.268 e. The lowest BCUT2D eigenvalue weighted by Crippen LogP contribution is -2.24. The number of thiophene rings is 1. The van der Waals surface area contributed by atoms with Crippen LogP contribution in [-0.4, -0.2) is 19.7 Å². The third kappa shape index (κ3) is 1.93. The summed E-state index contributed by atoms with van der Waals surface area (Å²) in [4.78, 5) is 19.7. The number of aryl methyl sites for hydroxylation is 2. The van der Waals surface area contributed by atoms with Crippen molar-refractivity contribution in [2.45, 2.75) is 31.6 Å². The largest absolute Gasteiger partial charge is 0.268 e. The van der Waals surface area contributed by atoms with E-state index in [-0.39, 0.29) is 11.4 Å². The fourth-order valence-electron chi connectivity index (χ4n) is 2.96. The Morgan fingerprint density at radius 2 is 2.24 bits per heavy atom. The zero-order chi connectivity index (χ0) is 14.4. The highest BCUT2D eigenvalue weighted by Crippen LogP contribution is 2.34. The second-order valence-electron chi connectivity index (χ2n) is 5.14. The number of hydrogen-bond acceptors (Lipinski definition) is 4. The first-order valence-electron chi connectivity index (χ1n) is 6.91. The van der Waals surface area contributed by atoms with Crippen molar-refractivity contribution < 1.29 is 0 Å². The molecule has 0 saturated heterocycles. The summed E-state index contributed by atoms with van der Waals surface area (Å²) in [7, 11) is 0. The van der Waals surface area contributed by atoms with Crippen LogP contribution in [0.15, 0.2) is 17.1 Å². The van der Waals surface area contributed by atoms with Crippen molar-refractivity contribution in [1.82, 2.24) is 19.7 Å². The quantitative estimate of drug-likeness (QED) is 0.738. The van der Waals surface area contributed by atoms with Crippen molar-refractivity contribution in [1.29, 1.82) is 0 Å². The van der Waals surface area contributed by atoms with Gasteiger partial charge in [0.2, 0.25) is 0 Å². The molecule has 0 fully saturated rings. The van der Waals surface area contributed by atoms with Gasteiger partial charge in [-0.3, -0.25) is 9.89 Å². The summed E-state index contributed by atoms with van der Waals surface area (Å²) in [6.07, 6.45) is 5.97. The van der Waals surface area contributed by atoms with Gasteiger partial charge in [0.1, 0.15) is 16.5 Å². The Bertz CT molecular complexity index is 865. The van der Waals surface area contributed by atoms with E-state index in [1.54, 1.807) is 28.2 Å². The predicted octanol–water partition coefficient (Wildman–Crippen LogP) is 2.79. The summed E-state index contributed by atoms with van der Waals surface area (Å²) >= 11 is 7.64. The normalized spacial score (nSPS) is 14.5. The zero-order valence-electron chi connectivity index (χ0n) is 11.2. The second-order valence-corrected chi connectivity index (χ2v) is 6.49. The number of halogens is 1. The highest BCUT2D eigenvalue weighted by atomic mass is 35.5. The number of rotatable bonds is 2. The third-order valence-electron chi connectivity index (χ3n) is 3.90. The third-order valence-corrected chi connectivity index (χ3v) is 5.33. The molecular weight excluding hydrogens is 308 g/mol. The van der Waals surface area contributed by atoms with E-state index in [9.17, 15) is 4.79 Å². The average molecular weight is 321 g/mol. The van der Waals surface area contributed by atoms with Gasteiger partial charge in [-0.2, -0.15) is 5.10 Å². The van der Waals surface area contributed by atoms with E-state index in [1.807, 2.05) is 0 Å². The van der Waals surface area contributed by atoms with Crippen molar-refractivity contribution >= 4 is 33.2 Å². The molecule has 1 aliphatic rings. The molecule has 3 aromatic rings. The monoisotopic (exact) mass is 320 g/mol. The highest BCUT2D eigenvalue weighted by Gasteiger charge is 2.22. The van der Waals surface area contributed by atoms with E-state index in [0.717, 1.165) is 29.5 Å². The van der Waals surface area contributed by atoms with Crippen LogP contribution in [0.3, 0.4) is 0 Å². The zero-order valence-corrected chi connectivity index (χ0v) is 12.8. The molecule has 0 aliphatic heterocycles. The van der Waals surface area contributed by atoms with Gasteiger partial charge in [-0.25, -0.2) is 9.55 Å². The standard InChI is InChI=1S/C14H13ClN4OS/c15-7-11-17-13-12(8-3-1-2-4-9(8)21-13)14(20)19(11)10-5-6-16-18-10/h5-6H,1-4,7H2,(H,16,18).